The van der Waals surface area contributed by atoms with Crippen LogP contribution in [0.3, 0.4) is 0 Å². The molecule has 0 aliphatic heterocycles. The fraction of sp³-hybridized carbons (Fsp3) is 0.182. The van der Waals surface area contributed by atoms with Crippen molar-refractivity contribution in [3.05, 3.63) is 46.1 Å². The van der Waals surface area contributed by atoms with Crippen molar-refractivity contribution < 1.29 is 9.53 Å². The highest BCUT2D eigenvalue weighted by atomic mass is 127. The van der Waals surface area contributed by atoms with E-state index in [4.69, 9.17) is 4.74 Å². The minimum atomic E-state index is -0.257. The number of benzene rings is 1. The van der Waals surface area contributed by atoms with Gasteiger partial charge >= 0.3 is 5.97 Å². The molecule has 0 spiro atoms. The molecule has 1 aromatic rings. The molecule has 0 fully saturated rings. The molecule has 0 radical (unpaired) electrons. The normalized spacial score (nSPS) is 10.4. The van der Waals surface area contributed by atoms with Crippen molar-refractivity contribution >= 4 is 28.6 Å². The van der Waals surface area contributed by atoms with Gasteiger partial charge in [-0.05, 0) is 16.2 Å². The van der Waals surface area contributed by atoms with Crippen molar-refractivity contribution in [1.82, 2.24) is 0 Å². The fourth-order valence-corrected chi connectivity index (χ4v) is 1.30. The van der Waals surface area contributed by atoms with E-state index < -0.39 is 0 Å². The monoisotopic (exact) mass is 302 g/mol. The van der Waals surface area contributed by atoms with Crippen molar-refractivity contribution in [1.29, 1.82) is 0 Å². The number of esters is 1. The lowest BCUT2D eigenvalue weighted by molar-refractivity contribution is 0.0512. The highest BCUT2D eigenvalue weighted by Crippen LogP contribution is 2.01. The summed E-state index contributed by atoms with van der Waals surface area (Å²) in [5, 5.41) is 0. The Morgan fingerprint density at radius 3 is 2.71 bits per heavy atom. The van der Waals surface area contributed by atoms with Crippen LogP contribution >= 0.6 is 22.6 Å². The van der Waals surface area contributed by atoms with E-state index >= 15 is 0 Å². The zero-order valence-electron chi connectivity index (χ0n) is 7.65. The van der Waals surface area contributed by atoms with Gasteiger partial charge in [0.2, 0.25) is 0 Å². The van der Waals surface area contributed by atoms with Crippen LogP contribution in [-0.2, 0) is 4.74 Å². The number of ether oxygens (including phenoxy) is 1. The van der Waals surface area contributed by atoms with E-state index in [-0.39, 0.29) is 5.97 Å². The van der Waals surface area contributed by atoms with Crippen LogP contribution in [0.5, 0.6) is 0 Å². The average molecular weight is 302 g/mol. The first-order valence-electron chi connectivity index (χ1n) is 4.32. The summed E-state index contributed by atoms with van der Waals surface area (Å²) in [6.07, 6.45) is 2.72. The van der Waals surface area contributed by atoms with Crippen LogP contribution in [0, 0.1) is 0 Å². The summed E-state index contributed by atoms with van der Waals surface area (Å²) in [5.74, 6) is -0.257. The predicted octanol–water partition coefficient (Wildman–Crippen LogP) is 3.18. The molecule has 1 aromatic carbocycles. The van der Waals surface area contributed by atoms with Gasteiger partial charge in [-0.3, -0.25) is 0 Å². The minimum Gasteiger partial charge on any atom is -0.462 e. The zero-order valence-corrected chi connectivity index (χ0v) is 9.81. The quantitative estimate of drug-likeness (QED) is 0.485. The zero-order chi connectivity index (χ0) is 10.2. The molecular formula is C11H11IO2. The van der Waals surface area contributed by atoms with Crippen LogP contribution in [0.15, 0.2) is 40.5 Å². The largest absolute Gasteiger partial charge is 0.462 e. The maximum atomic E-state index is 11.4. The molecule has 14 heavy (non-hydrogen) atoms. The van der Waals surface area contributed by atoms with Gasteiger partial charge in [0.1, 0.15) is 0 Å². The van der Waals surface area contributed by atoms with Crippen molar-refractivity contribution in [3.63, 3.8) is 0 Å². The lowest BCUT2D eigenvalue weighted by Crippen LogP contribution is -2.05. The summed E-state index contributed by atoms with van der Waals surface area (Å²) in [4.78, 5) is 11.4. The van der Waals surface area contributed by atoms with E-state index in [1.54, 1.807) is 12.1 Å². The first kappa shape index (κ1) is 11.2. The molecule has 0 heterocycles. The first-order valence-corrected chi connectivity index (χ1v) is 5.56. The molecule has 0 aliphatic carbocycles. The second-order valence-corrected chi connectivity index (χ2v) is 3.37. The van der Waals surface area contributed by atoms with Crippen molar-refractivity contribution in [3.8, 4) is 0 Å². The summed E-state index contributed by atoms with van der Waals surface area (Å²) in [6, 6.07) is 9.01. The molecule has 0 bridgehead atoms. The Morgan fingerprint density at radius 1 is 1.36 bits per heavy atom. The Bertz CT molecular complexity index is 306. The average Bonchev–Trinajstić information content (AvgIpc) is 2.25. The molecule has 0 unspecified atom stereocenters. The SMILES string of the molecule is O=C(OCC/C=C/I)c1ccccc1. The Morgan fingerprint density at radius 2 is 2.07 bits per heavy atom. The number of hydrogen-bond acceptors (Lipinski definition) is 2. The Labute approximate surface area is 97.1 Å². The van der Waals surface area contributed by atoms with E-state index in [9.17, 15) is 4.79 Å². The van der Waals surface area contributed by atoms with Crippen LogP contribution in [0.4, 0.5) is 0 Å². The fourth-order valence-electron chi connectivity index (χ4n) is 0.940. The lowest BCUT2D eigenvalue weighted by Gasteiger charge is -2.01. The predicted molar refractivity (Wildman–Crippen MR) is 64.5 cm³/mol. The number of hydrogen-bond donors (Lipinski definition) is 0. The van der Waals surface area contributed by atoms with E-state index in [1.165, 1.54) is 0 Å². The van der Waals surface area contributed by atoms with Gasteiger partial charge in [-0.1, -0.05) is 46.9 Å². The van der Waals surface area contributed by atoms with Gasteiger partial charge in [-0.25, -0.2) is 4.79 Å². The van der Waals surface area contributed by atoms with E-state index in [2.05, 4.69) is 22.6 Å². The van der Waals surface area contributed by atoms with E-state index in [0.29, 0.717) is 12.2 Å². The lowest BCUT2D eigenvalue weighted by atomic mass is 10.2. The molecule has 0 aliphatic rings. The molecule has 0 saturated carbocycles. The molecule has 0 N–H and O–H groups in total. The minimum absolute atomic E-state index is 0.257. The van der Waals surface area contributed by atoms with Gasteiger partial charge in [0.15, 0.2) is 0 Å². The van der Waals surface area contributed by atoms with Crippen molar-refractivity contribution in [2.75, 3.05) is 6.61 Å². The Kier molecular flexibility index (Phi) is 5.29. The molecule has 0 aromatic heterocycles. The molecule has 0 atom stereocenters. The second kappa shape index (κ2) is 6.59. The Hall–Kier alpha value is -0.840. The first-order chi connectivity index (χ1) is 6.84. The van der Waals surface area contributed by atoms with Gasteiger partial charge < -0.3 is 4.74 Å². The van der Waals surface area contributed by atoms with Gasteiger partial charge in [0, 0.05) is 6.42 Å². The second-order valence-electron chi connectivity index (χ2n) is 2.65. The van der Waals surface area contributed by atoms with Crippen LogP contribution < -0.4 is 0 Å². The van der Waals surface area contributed by atoms with Crippen LogP contribution in [0.25, 0.3) is 0 Å². The summed E-state index contributed by atoms with van der Waals surface area (Å²) in [7, 11) is 0. The van der Waals surface area contributed by atoms with Gasteiger partial charge in [0.25, 0.3) is 0 Å². The molecule has 0 saturated heterocycles. The van der Waals surface area contributed by atoms with Crippen LogP contribution in [-0.4, -0.2) is 12.6 Å². The number of carbonyl (C=O) groups is 1. The number of carbonyl (C=O) groups excluding carboxylic acids is 1. The standard InChI is InChI=1S/C11H11IO2/c12-8-4-5-9-14-11(13)10-6-2-1-3-7-10/h1-4,6-8H,5,9H2/b8-4+. The smallest absolute Gasteiger partial charge is 0.338 e. The molecule has 0 amide bonds. The third-order valence-electron chi connectivity index (χ3n) is 1.62. The maximum absolute atomic E-state index is 11.4. The molecule has 3 heteroatoms. The summed E-state index contributed by atoms with van der Waals surface area (Å²) < 4.78 is 6.95. The van der Waals surface area contributed by atoms with Crippen LogP contribution in [0.2, 0.25) is 0 Å². The third-order valence-corrected chi connectivity index (χ3v) is 2.12. The topological polar surface area (TPSA) is 26.3 Å². The van der Waals surface area contributed by atoms with Gasteiger partial charge in [-0.15, -0.1) is 0 Å². The van der Waals surface area contributed by atoms with Crippen molar-refractivity contribution in [2.45, 2.75) is 6.42 Å². The maximum Gasteiger partial charge on any atom is 0.338 e. The highest BCUT2D eigenvalue weighted by molar-refractivity contribution is 14.1. The Balaban J connectivity index is 2.36. The summed E-state index contributed by atoms with van der Waals surface area (Å²) in [6.45, 7) is 0.438. The summed E-state index contributed by atoms with van der Waals surface area (Å²) in [5.41, 5.74) is 0.603. The van der Waals surface area contributed by atoms with E-state index in [1.807, 2.05) is 28.4 Å². The van der Waals surface area contributed by atoms with Crippen molar-refractivity contribution in [2.24, 2.45) is 0 Å². The number of rotatable bonds is 4. The van der Waals surface area contributed by atoms with Gasteiger partial charge in [0.05, 0.1) is 12.2 Å². The summed E-state index contributed by atoms with van der Waals surface area (Å²) >= 11 is 2.13. The molecule has 1 rings (SSSR count). The molecule has 74 valence electrons. The highest BCUT2D eigenvalue weighted by Gasteiger charge is 2.03. The molecule has 2 nitrogen and oxygen atoms in total. The van der Waals surface area contributed by atoms with Crippen LogP contribution in [0.1, 0.15) is 16.8 Å². The number of halogens is 1. The van der Waals surface area contributed by atoms with E-state index in [0.717, 1.165) is 6.42 Å². The molecular weight excluding hydrogens is 291 g/mol. The third kappa shape index (κ3) is 3.91. The van der Waals surface area contributed by atoms with Gasteiger partial charge in [-0.2, -0.15) is 0 Å².